The minimum atomic E-state index is -0.391. The van der Waals surface area contributed by atoms with E-state index in [9.17, 15) is 4.79 Å². The Hall–Kier alpha value is -2.00. The van der Waals surface area contributed by atoms with Crippen LogP contribution in [0.4, 0.5) is 5.13 Å². The van der Waals surface area contributed by atoms with Crippen molar-refractivity contribution in [3.63, 3.8) is 0 Å². The number of rotatable bonds is 3. The Bertz CT molecular complexity index is 538. The Morgan fingerprint density at radius 3 is 2.82 bits per heavy atom. The highest BCUT2D eigenvalue weighted by atomic mass is 32.1. The van der Waals surface area contributed by atoms with Crippen LogP contribution in [0.5, 0.6) is 0 Å². The van der Waals surface area contributed by atoms with Gasteiger partial charge in [0.2, 0.25) is 5.13 Å². The molecule has 0 radical (unpaired) electrons. The number of aromatic nitrogens is 4. The number of amides is 1. The van der Waals surface area contributed by atoms with Gasteiger partial charge in [-0.2, -0.15) is 0 Å². The number of hydrogen-bond acceptors (Lipinski definition) is 7. The minimum absolute atomic E-state index is 0.234. The van der Waals surface area contributed by atoms with E-state index < -0.39 is 5.91 Å². The van der Waals surface area contributed by atoms with Gasteiger partial charge < -0.3 is 5.73 Å². The molecule has 86 valence electrons. The first kappa shape index (κ1) is 11.5. The zero-order chi connectivity index (χ0) is 12.3. The van der Waals surface area contributed by atoms with Crippen LogP contribution in [0.3, 0.4) is 0 Å². The van der Waals surface area contributed by atoms with E-state index in [1.807, 2.05) is 0 Å². The largest absolute Gasteiger partial charge is 0.389 e. The van der Waals surface area contributed by atoms with Crippen LogP contribution in [-0.4, -0.2) is 30.7 Å². The van der Waals surface area contributed by atoms with E-state index in [4.69, 9.17) is 18.0 Å². The highest BCUT2D eigenvalue weighted by Gasteiger charge is 2.10. The molecule has 0 aliphatic heterocycles. The topological polar surface area (TPSA) is 107 Å². The first-order chi connectivity index (χ1) is 8.16. The summed E-state index contributed by atoms with van der Waals surface area (Å²) in [4.78, 5) is 15.8. The second-order valence-corrected chi connectivity index (χ2v) is 4.09. The van der Waals surface area contributed by atoms with E-state index in [0.717, 1.165) is 11.5 Å². The van der Waals surface area contributed by atoms with Crippen molar-refractivity contribution in [1.82, 2.24) is 19.8 Å². The molecule has 3 N–H and O–H groups in total. The van der Waals surface area contributed by atoms with Gasteiger partial charge in [0.15, 0.2) is 0 Å². The maximum atomic E-state index is 11.7. The average molecular weight is 266 g/mol. The number of pyridine rings is 1. The van der Waals surface area contributed by atoms with Crippen LogP contribution >= 0.6 is 23.8 Å². The van der Waals surface area contributed by atoms with E-state index in [1.54, 1.807) is 6.07 Å². The van der Waals surface area contributed by atoms with E-state index in [0.29, 0.717) is 10.7 Å². The molecule has 2 aromatic rings. The van der Waals surface area contributed by atoms with Gasteiger partial charge in [0.1, 0.15) is 10.7 Å². The van der Waals surface area contributed by atoms with Crippen LogP contribution < -0.4 is 11.1 Å². The number of carbonyl (C=O) groups is 1. The molecule has 2 rings (SSSR count). The molecule has 0 aromatic carbocycles. The lowest BCUT2D eigenvalue weighted by Crippen LogP contribution is -2.15. The predicted octanol–water partition coefficient (Wildman–Crippen LogP) is 0.215. The van der Waals surface area contributed by atoms with Gasteiger partial charge in [-0.05, 0) is 17.3 Å². The predicted molar refractivity (Wildman–Crippen MR) is 65.8 cm³/mol. The highest BCUT2D eigenvalue weighted by molar-refractivity contribution is 7.80. The molecule has 0 spiro atoms. The molecule has 0 atom stereocenters. The molecule has 0 fully saturated rings. The van der Waals surface area contributed by atoms with E-state index in [1.165, 1.54) is 12.3 Å². The summed E-state index contributed by atoms with van der Waals surface area (Å²) in [7, 11) is 0. The van der Waals surface area contributed by atoms with Gasteiger partial charge in [0.05, 0.1) is 0 Å². The molecule has 2 aromatic heterocycles. The molecule has 0 bridgehead atoms. The molecular formula is C8H6N6OS2. The van der Waals surface area contributed by atoms with Crippen molar-refractivity contribution < 1.29 is 4.79 Å². The number of nitrogens with one attached hydrogen (secondary N) is 1. The zero-order valence-corrected chi connectivity index (χ0v) is 9.96. The van der Waals surface area contributed by atoms with Crippen LogP contribution in [0, 0.1) is 0 Å². The maximum absolute atomic E-state index is 11.7. The van der Waals surface area contributed by atoms with Gasteiger partial charge in [0.25, 0.3) is 5.91 Å². The molecule has 2 heterocycles. The van der Waals surface area contributed by atoms with Crippen molar-refractivity contribution in [2.75, 3.05) is 5.32 Å². The highest BCUT2D eigenvalue weighted by Crippen LogP contribution is 2.07. The maximum Gasteiger partial charge on any atom is 0.276 e. The van der Waals surface area contributed by atoms with E-state index >= 15 is 0 Å². The van der Waals surface area contributed by atoms with Gasteiger partial charge in [-0.1, -0.05) is 21.8 Å². The third kappa shape index (κ3) is 2.77. The summed E-state index contributed by atoms with van der Waals surface area (Å²) in [6, 6.07) is 3.15. The van der Waals surface area contributed by atoms with Crippen LogP contribution in [0.2, 0.25) is 0 Å². The molecule has 0 saturated carbocycles. The summed E-state index contributed by atoms with van der Waals surface area (Å²) in [5, 5.41) is 9.76. The normalized spacial score (nSPS) is 9.88. The molecule has 17 heavy (non-hydrogen) atoms. The lowest BCUT2D eigenvalue weighted by molar-refractivity contribution is 0.102. The number of hydrogen-bond donors (Lipinski definition) is 2. The molecule has 0 saturated heterocycles. The fourth-order valence-electron chi connectivity index (χ4n) is 1.02. The van der Waals surface area contributed by atoms with Gasteiger partial charge in [0, 0.05) is 23.3 Å². The Labute approximate surface area is 105 Å². The van der Waals surface area contributed by atoms with Gasteiger partial charge in [-0.25, -0.2) is 0 Å². The lowest BCUT2D eigenvalue weighted by Gasteiger charge is -2.01. The fourth-order valence-corrected chi connectivity index (χ4v) is 1.50. The van der Waals surface area contributed by atoms with Crippen molar-refractivity contribution in [3.8, 4) is 0 Å². The number of thiocarbonyl (C=S) groups is 1. The van der Waals surface area contributed by atoms with E-state index in [-0.39, 0.29) is 10.7 Å². The quantitative estimate of drug-likeness (QED) is 0.765. The smallest absolute Gasteiger partial charge is 0.276 e. The van der Waals surface area contributed by atoms with E-state index in [2.05, 4.69) is 25.1 Å². The lowest BCUT2D eigenvalue weighted by atomic mass is 10.2. The number of anilines is 1. The molecule has 0 aliphatic rings. The molecule has 9 heteroatoms. The first-order valence-electron chi connectivity index (χ1n) is 4.39. The third-order valence-electron chi connectivity index (χ3n) is 1.80. The van der Waals surface area contributed by atoms with Gasteiger partial charge in [-0.15, -0.1) is 0 Å². The molecular weight excluding hydrogens is 260 g/mol. The zero-order valence-electron chi connectivity index (χ0n) is 8.32. The second kappa shape index (κ2) is 4.89. The molecule has 0 aliphatic carbocycles. The summed E-state index contributed by atoms with van der Waals surface area (Å²) < 4.78 is 3.52. The molecule has 1 amide bonds. The van der Waals surface area contributed by atoms with Crippen LogP contribution in [0.15, 0.2) is 18.3 Å². The second-order valence-electron chi connectivity index (χ2n) is 2.92. The number of carbonyl (C=O) groups excluding carboxylic acids is 1. The van der Waals surface area contributed by atoms with Crippen molar-refractivity contribution in [3.05, 3.63) is 29.6 Å². The van der Waals surface area contributed by atoms with Crippen molar-refractivity contribution in [2.45, 2.75) is 0 Å². The Kier molecular flexibility index (Phi) is 3.30. The van der Waals surface area contributed by atoms with Gasteiger partial charge in [-0.3, -0.25) is 15.1 Å². The Morgan fingerprint density at radius 2 is 2.29 bits per heavy atom. The van der Waals surface area contributed by atoms with Crippen molar-refractivity contribution in [2.24, 2.45) is 5.73 Å². The SMILES string of the molecule is NC(=S)c1ccc(C(=O)Nc2nnns2)nc1. The first-order valence-corrected chi connectivity index (χ1v) is 5.57. The standard InChI is InChI=1S/C8H6N6OS2/c9-6(16)4-1-2-5(10-3-4)7(15)11-8-12-13-14-17-8/h1-3H,(H2,9,16)(H,11,12,14,15). The third-order valence-corrected chi connectivity index (χ3v) is 2.55. The summed E-state index contributed by atoms with van der Waals surface area (Å²) >= 11 is 5.76. The fraction of sp³-hybridized carbons (Fsp3) is 0. The van der Waals surface area contributed by atoms with Crippen molar-refractivity contribution >= 4 is 39.8 Å². The molecule has 7 nitrogen and oxygen atoms in total. The van der Waals surface area contributed by atoms with Crippen LogP contribution in [-0.2, 0) is 0 Å². The number of nitrogens with two attached hydrogens (primary N) is 1. The molecule has 0 unspecified atom stereocenters. The summed E-state index contributed by atoms with van der Waals surface area (Å²) in [6.07, 6.45) is 1.44. The van der Waals surface area contributed by atoms with Crippen molar-refractivity contribution in [1.29, 1.82) is 0 Å². The minimum Gasteiger partial charge on any atom is -0.389 e. The average Bonchev–Trinajstić information content (AvgIpc) is 2.82. The summed E-state index contributed by atoms with van der Waals surface area (Å²) in [6.45, 7) is 0. The van der Waals surface area contributed by atoms with Crippen LogP contribution in [0.25, 0.3) is 0 Å². The monoisotopic (exact) mass is 266 g/mol. The number of nitrogens with zero attached hydrogens (tertiary/aromatic N) is 4. The van der Waals surface area contributed by atoms with Gasteiger partial charge >= 0.3 is 0 Å². The van der Waals surface area contributed by atoms with Crippen LogP contribution in [0.1, 0.15) is 16.1 Å². The summed E-state index contributed by atoms with van der Waals surface area (Å²) in [5.41, 5.74) is 6.26. The Morgan fingerprint density at radius 1 is 1.47 bits per heavy atom. The Balaban J connectivity index is 2.12. The summed E-state index contributed by atoms with van der Waals surface area (Å²) in [5.74, 6) is -0.391.